The lowest BCUT2D eigenvalue weighted by molar-refractivity contribution is -0.126. The molecule has 0 atom stereocenters. The van der Waals surface area contributed by atoms with Gasteiger partial charge in [0, 0.05) is 13.1 Å². The molecule has 0 radical (unpaired) electrons. The van der Waals surface area contributed by atoms with E-state index < -0.39 is 9.84 Å². The first-order valence-electron chi connectivity index (χ1n) is 4.56. The molecule has 0 aliphatic carbocycles. The van der Waals surface area contributed by atoms with Gasteiger partial charge in [-0.2, -0.15) is 0 Å². The van der Waals surface area contributed by atoms with E-state index in [1.54, 1.807) is 11.9 Å². The Morgan fingerprint density at radius 1 is 1.43 bits per heavy atom. The highest BCUT2D eigenvalue weighted by atomic mass is 32.2. The van der Waals surface area contributed by atoms with Crippen LogP contribution in [0.3, 0.4) is 0 Å². The normalized spacial score (nSPS) is 21.5. The van der Waals surface area contributed by atoms with Crippen LogP contribution in [0.4, 0.5) is 0 Å². The van der Waals surface area contributed by atoms with Crippen LogP contribution in [0.1, 0.15) is 12.8 Å². The van der Waals surface area contributed by atoms with Crippen molar-refractivity contribution in [1.82, 2.24) is 4.90 Å². The average Bonchev–Trinajstić information content (AvgIpc) is 2.15. The first kappa shape index (κ1) is 11.2. The Labute approximate surface area is 84.5 Å². The van der Waals surface area contributed by atoms with Gasteiger partial charge in [-0.1, -0.05) is 6.58 Å². The number of sulfone groups is 1. The van der Waals surface area contributed by atoms with Gasteiger partial charge >= 0.3 is 0 Å². The zero-order chi connectivity index (χ0) is 10.8. The second kappa shape index (κ2) is 4.13. The first-order chi connectivity index (χ1) is 6.46. The van der Waals surface area contributed by atoms with Crippen molar-refractivity contribution in [2.45, 2.75) is 18.9 Å². The van der Waals surface area contributed by atoms with Crippen LogP contribution in [-0.4, -0.2) is 43.8 Å². The van der Waals surface area contributed by atoms with Crippen molar-refractivity contribution < 1.29 is 13.2 Å². The summed E-state index contributed by atoms with van der Waals surface area (Å²) in [6.45, 7) is 3.40. The van der Waals surface area contributed by atoms with Crippen LogP contribution in [0, 0.1) is 0 Å². The van der Waals surface area contributed by atoms with E-state index in [0.717, 1.165) is 0 Å². The lowest BCUT2D eigenvalue weighted by atomic mass is 10.1. The molecule has 1 saturated heterocycles. The van der Waals surface area contributed by atoms with Gasteiger partial charge in [0.05, 0.1) is 11.5 Å². The molecule has 5 heteroatoms. The lowest BCUT2D eigenvalue weighted by Crippen LogP contribution is -2.41. The number of hydrogen-bond donors (Lipinski definition) is 0. The monoisotopic (exact) mass is 217 g/mol. The summed E-state index contributed by atoms with van der Waals surface area (Å²) in [6, 6.07) is 0.0454. The van der Waals surface area contributed by atoms with Crippen molar-refractivity contribution >= 4 is 15.7 Å². The van der Waals surface area contributed by atoms with E-state index in [4.69, 9.17) is 0 Å². The Morgan fingerprint density at radius 3 is 2.36 bits per heavy atom. The molecule has 1 aliphatic rings. The largest absolute Gasteiger partial charge is 0.339 e. The van der Waals surface area contributed by atoms with E-state index in [2.05, 4.69) is 6.58 Å². The third-order valence-electron chi connectivity index (χ3n) is 2.59. The number of carbonyl (C=O) groups is 1. The summed E-state index contributed by atoms with van der Waals surface area (Å²) in [5, 5.41) is 0. The molecular formula is C9H15NO3S. The molecule has 0 spiro atoms. The minimum Gasteiger partial charge on any atom is -0.339 e. The molecule has 80 valence electrons. The summed E-state index contributed by atoms with van der Waals surface area (Å²) >= 11 is 0. The second-order valence-corrected chi connectivity index (χ2v) is 5.84. The summed E-state index contributed by atoms with van der Waals surface area (Å²) in [5.41, 5.74) is 0. The van der Waals surface area contributed by atoms with Crippen LogP contribution in [-0.2, 0) is 14.6 Å². The van der Waals surface area contributed by atoms with Crippen molar-refractivity contribution in [3.05, 3.63) is 12.7 Å². The van der Waals surface area contributed by atoms with Crippen molar-refractivity contribution in [2.75, 3.05) is 18.6 Å². The molecule has 1 rings (SSSR count). The maximum atomic E-state index is 11.2. The highest BCUT2D eigenvalue weighted by Crippen LogP contribution is 2.16. The van der Waals surface area contributed by atoms with Crippen molar-refractivity contribution in [3.8, 4) is 0 Å². The van der Waals surface area contributed by atoms with E-state index in [1.807, 2.05) is 0 Å². The van der Waals surface area contributed by atoms with Gasteiger partial charge in [-0.3, -0.25) is 4.79 Å². The van der Waals surface area contributed by atoms with Crippen molar-refractivity contribution in [1.29, 1.82) is 0 Å². The third kappa shape index (κ3) is 2.57. The minimum atomic E-state index is -2.85. The quantitative estimate of drug-likeness (QED) is 0.621. The molecule has 1 heterocycles. The summed E-state index contributed by atoms with van der Waals surface area (Å²) in [7, 11) is -1.16. The molecule has 4 nitrogen and oxygen atoms in total. The number of rotatable bonds is 2. The Morgan fingerprint density at radius 2 is 1.93 bits per heavy atom. The number of amides is 1. The molecular weight excluding hydrogens is 202 g/mol. The first-order valence-corrected chi connectivity index (χ1v) is 6.38. The lowest BCUT2D eigenvalue weighted by Gasteiger charge is -2.30. The summed E-state index contributed by atoms with van der Waals surface area (Å²) in [6.07, 6.45) is 2.33. The topological polar surface area (TPSA) is 54.5 Å². The van der Waals surface area contributed by atoms with Crippen LogP contribution < -0.4 is 0 Å². The molecule has 1 amide bonds. The number of carbonyl (C=O) groups excluding carboxylic acids is 1. The van der Waals surface area contributed by atoms with Crippen LogP contribution in [0.2, 0.25) is 0 Å². The molecule has 0 aromatic heterocycles. The van der Waals surface area contributed by atoms with E-state index >= 15 is 0 Å². The van der Waals surface area contributed by atoms with E-state index in [1.165, 1.54) is 6.08 Å². The fraction of sp³-hybridized carbons (Fsp3) is 0.667. The Balaban J connectivity index is 2.58. The smallest absolute Gasteiger partial charge is 0.245 e. The summed E-state index contributed by atoms with van der Waals surface area (Å²) in [5.74, 6) is 0.230. The van der Waals surface area contributed by atoms with Gasteiger partial charge in [0.1, 0.15) is 9.84 Å². The Hall–Kier alpha value is -0.840. The molecule has 0 unspecified atom stereocenters. The van der Waals surface area contributed by atoms with Gasteiger partial charge in [-0.15, -0.1) is 0 Å². The second-order valence-electron chi connectivity index (χ2n) is 3.54. The summed E-state index contributed by atoms with van der Waals surface area (Å²) < 4.78 is 22.3. The molecule has 0 aromatic rings. The molecule has 1 aliphatic heterocycles. The fourth-order valence-corrected chi connectivity index (χ4v) is 3.06. The number of nitrogens with zero attached hydrogens (tertiary/aromatic N) is 1. The van der Waals surface area contributed by atoms with Gasteiger partial charge in [0.15, 0.2) is 0 Å². The molecule has 14 heavy (non-hydrogen) atoms. The fourth-order valence-electron chi connectivity index (χ4n) is 1.59. The summed E-state index contributed by atoms with van der Waals surface area (Å²) in [4.78, 5) is 12.8. The van der Waals surface area contributed by atoms with Crippen LogP contribution >= 0.6 is 0 Å². The maximum absolute atomic E-state index is 11.2. The molecule has 1 fully saturated rings. The molecule has 0 N–H and O–H groups in total. The number of likely N-dealkylation sites (N-methyl/N-ethyl adjacent to an activating group) is 1. The minimum absolute atomic E-state index is 0.0454. The Kier molecular flexibility index (Phi) is 3.31. The van der Waals surface area contributed by atoms with Gasteiger partial charge in [-0.05, 0) is 18.9 Å². The standard InChI is InChI=1S/C9H15NO3S/c1-3-9(11)10(2)8-4-6-14(12,13)7-5-8/h3,8H,1,4-7H2,2H3. The number of hydrogen-bond acceptors (Lipinski definition) is 3. The highest BCUT2D eigenvalue weighted by Gasteiger charge is 2.27. The maximum Gasteiger partial charge on any atom is 0.245 e. The Bertz CT molecular complexity index is 320. The zero-order valence-electron chi connectivity index (χ0n) is 8.27. The predicted molar refractivity (Wildman–Crippen MR) is 54.6 cm³/mol. The van der Waals surface area contributed by atoms with E-state index in [0.29, 0.717) is 12.8 Å². The van der Waals surface area contributed by atoms with Crippen molar-refractivity contribution in [3.63, 3.8) is 0 Å². The predicted octanol–water partition coefficient (Wildman–Crippen LogP) is 0.208. The van der Waals surface area contributed by atoms with Gasteiger partial charge in [-0.25, -0.2) is 8.42 Å². The van der Waals surface area contributed by atoms with Gasteiger partial charge < -0.3 is 4.90 Å². The van der Waals surface area contributed by atoms with Gasteiger partial charge in [0.25, 0.3) is 0 Å². The average molecular weight is 217 g/mol. The highest BCUT2D eigenvalue weighted by molar-refractivity contribution is 7.91. The molecule has 0 saturated carbocycles. The SMILES string of the molecule is C=CC(=O)N(C)C1CCS(=O)(=O)CC1. The zero-order valence-corrected chi connectivity index (χ0v) is 9.09. The van der Waals surface area contributed by atoms with Crippen LogP contribution in [0.15, 0.2) is 12.7 Å². The van der Waals surface area contributed by atoms with Crippen LogP contribution in [0.5, 0.6) is 0 Å². The van der Waals surface area contributed by atoms with Gasteiger partial charge in [0.2, 0.25) is 5.91 Å². The third-order valence-corrected chi connectivity index (χ3v) is 4.31. The molecule has 0 bridgehead atoms. The molecule has 0 aromatic carbocycles. The van der Waals surface area contributed by atoms with Crippen LogP contribution in [0.25, 0.3) is 0 Å². The van der Waals surface area contributed by atoms with Crippen molar-refractivity contribution in [2.24, 2.45) is 0 Å². The van der Waals surface area contributed by atoms with E-state index in [-0.39, 0.29) is 23.5 Å². The van der Waals surface area contributed by atoms with E-state index in [9.17, 15) is 13.2 Å².